The predicted molar refractivity (Wildman–Crippen MR) is 62.1 cm³/mol. The third-order valence-electron chi connectivity index (χ3n) is 1.82. The van der Waals surface area contributed by atoms with Gasteiger partial charge in [0, 0.05) is 9.37 Å². The van der Waals surface area contributed by atoms with Gasteiger partial charge in [-0.1, -0.05) is 0 Å². The number of nitriles is 1. The maximum Gasteiger partial charge on any atom is 0.446 e. The molecular formula is C10H5BrF3NO2S. The van der Waals surface area contributed by atoms with Crippen molar-refractivity contribution < 1.29 is 22.7 Å². The summed E-state index contributed by atoms with van der Waals surface area (Å²) >= 11 is 2.53. The summed E-state index contributed by atoms with van der Waals surface area (Å²) in [5.74, 6) is -0.925. The fraction of sp³-hybridized carbons (Fsp3) is 0.200. The first-order chi connectivity index (χ1) is 8.28. The Hall–Kier alpha value is -1.20. The number of halogens is 4. The second-order valence-corrected chi connectivity index (χ2v) is 4.94. The van der Waals surface area contributed by atoms with E-state index in [1.807, 2.05) is 0 Å². The van der Waals surface area contributed by atoms with Gasteiger partial charge in [-0.25, -0.2) is 4.79 Å². The highest BCUT2D eigenvalue weighted by Gasteiger charge is 2.32. The molecule has 0 saturated carbocycles. The predicted octanol–water partition coefficient (Wildman–Crippen LogP) is 3.72. The number of hydrogen-bond donors (Lipinski definition) is 0. The number of rotatable bonds is 2. The van der Waals surface area contributed by atoms with Crippen LogP contribution in [-0.2, 0) is 4.74 Å². The summed E-state index contributed by atoms with van der Waals surface area (Å²) in [6.45, 7) is 0. The molecule has 8 heteroatoms. The Bertz CT molecular complexity index is 525. The van der Waals surface area contributed by atoms with Gasteiger partial charge in [-0.15, -0.1) is 0 Å². The van der Waals surface area contributed by atoms with Crippen molar-refractivity contribution in [1.82, 2.24) is 0 Å². The maximum absolute atomic E-state index is 12.3. The van der Waals surface area contributed by atoms with Crippen LogP contribution in [-0.4, -0.2) is 18.6 Å². The number of hydrogen-bond acceptors (Lipinski definition) is 4. The fourth-order valence-electron chi connectivity index (χ4n) is 1.12. The number of benzene rings is 1. The molecular weight excluding hydrogens is 335 g/mol. The minimum atomic E-state index is -4.53. The van der Waals surface area contributed by atoms with E-state index >= 15 is 0 Å². The van der Waals surface area contributed by atoms with Crippen LogP contribution in [0.3, 0.4) is 0 Å². The van der Waals surface area contributed by atoms with Crippen molar-refractivity contribution in [2.45, 2.75) is 10.4 Å². The molecule has 0 atom stereocenters. The fourth-order valence-corrected chi connectivity index (χ4v) is 2.38. The molecule has 0 fully saturated rings. The first-order valence-electron chi connectivity index (χ1n) is 4.36. The summed E-state index contributed by atoms with van der Waals surface area (Å²) in [4.78, 5) is 11.1. The quantitative estimate of drug-likeness (QED) is 0.608. The van der Waals surface area contributed by atoms with E-state index in [1.54, 1.807) is 6.07 Å². The molecule has 0 spiro atoms. The Balaban J connectivity index is 3.35. The highest BCUT2D eigenvalue weighted by molar-refractivity contribution is 9.10. The average molecular weight is 340 g/mol. The van der Waals surface area contributed by atoms with Gasteiger partial charge < -0.3 is 4.74 Å². The number of ether oxygens (including phenoxy) is 1. The molecule has 3 nitrogen and oxygen atoms in total. The van der Waals surface area contributed by atoms with Gasteiger partial charge in [-0.2, -0.15) is 18.4 Å². The number of nitrogens with zero attached hydrogens (tertiary/aromatic N) is 1. The van der Waals surface area contributed by atoms with Crippen LogP contribution >= 0.6 is 27.7 Å². The van der Waals surface area contributed by atoms with Crippen molar-refractivity contribution in [1.29, 1.82) is 5.26 Å². The summed E-state index contributed by atoms with van der Waals surface area (Å²) in [5.41, 5.74) is -4.77. The summed E-state index contributed by atoms with van der Waals surface area (Å²) in [5, 5.41) is 8.76. The number of methoxy groups -OCH3 is 1. The molecule has 0 N–H and O–H groups in total. The molecule has 0 radical (unpaired) electrons. The van der Waals surface area contributed by atoms with Gasteiger partial charge in [0.1, 0.15) is 6.07 Å². The minimum Gasteiger partial charge on any atom is -0.465 e. The van der Waals surface area contributed by atoms with Gasteiger partial charge in [-0.3, -0.25) is 0 Å². The minimum absolute atomic E-state index is 0.0573. The van der Waals surface area contributed by atoms with Gasteiger partial charge in [0.25, 0.3) is 0 Å². The van der Waals surface area contributed by atoms with Crippen molar-refractivity contribution in [2.24, 2.45) is 0 Å². The van der Waals surface area contributed by atoms with E-state index in [0.29, 0.717) is 0 Å². The van der Waals surface area contributed by atoms with E-state index in [-0.39, 0.29) is 20.5 Å². The Morgan fingerprint density at radius 2 is 2.11 bits per heavy atom. The molecule has 0 unspecified atom stereocenters. The molecule has 0 aliphatic heterocycles. The van der Waals surface area contributed by atoms with Crippen LogP contribution in [0.1, 0.15) is 15.9 Å². The second kappa shape index (κ2) is 5.63. The molecule has 96 valence electrons. The Kier molecular flexibility index (Phi) is 4.65. The molecule has 18 heavy (non-hydrogen) atoms. The third kappa shape index (κ3) is 3.65. The SMILES string of the molecule is COC(=O)c1cc(C#N)c(Br)cc1SC(F)(F)F. The normalized spacial score (nSPS) is 10.9. The lowest BCUT2D eigenvalue weighted by atomic mass is 10.1. The molecule has 0 saturated heterocycles. The average Bonchev–Trinajstić information content (AvgIpc) is 2.26. The lowest BCUT2D eigenvalue weighted by Crippen LogP contribution is -2.07. The summed E-state index contributed by atoms with van der Waals surface area (Å²) in [6, 6.07) is 3.89. The van der Waals surface area contributed by atoms with Crippen molar-refractivity contribution in [3.05, 3.63) is 27.7 Å². The lowest BCUT2D eigenvalue weighted by molar-refractivity contribution is -0.0328. The number of carbonyl (C=O) groups excluding carboxylic acids is 1. The standard InChI is InChI=1S/C10H5BrF3NO2S/c1-17-9(16)6-2-5(4-15)7(11)3-8(6)18-10(12,13)14/h2-3H,1H3. The highest BCUT2D eigenvalue weighted by atomic mass is 79.9. The molecule has 1 rings (SSSR count). The molecule has 0 aliphatic rings. The zero-order valence-corrected chi connectivity index (χ0v) is 11.2. The van der Waals surface area contributed by atoms with Gasteiger partial charge in [0.2, 0.25) is 0 Å². The molecule has 0 amide bonds. The smallest absolute Gasteiger partial charge is 0.446 e. The summed E-state index contributed by atoms with van der Waals surface area (Å²) < 4.78 is 41.6. The van der Waals surface area contributed by atoms with Crippen LogP contribution in [0.4, 0.5) is 13.2 Å². The summed E-state index contributed by atoms with van der Waals surface area (Å²) in [7, 11) is 1.05. The number of thioether (sulfide) groups is 1. The van der Waals surface area contributed by atoms with Crippen LogP contribution in [0.2, 0.25) is 0 Å². The first kappa shape index (κ1) is 14.9. The van der Waals surface area contributed by atoms with E-state index < -0.39 is 23.2 Å². The first-order valence-corrected chi connectivity index (χ1v) is 5.97. The Morgan fingerprint density at radius 1 is 1.50 bits per heavy atom. The van der Waals surface area contributed by atoms with Gasteiger partial charge >= 0.3 is 11.5 Å². The van der Waals surface area contributed by atoms with Gasteiger partial charge in [0.05, 0.1) is 18.2 Å². The molecule has 0 aliphatic carbocycles. The van der Waals surface area contributed by atoms with Crippen LogP contribution < -0.4 is 0 Å². The largest absolute Gasteiger partial charge is 0.465 e. The van der Waals surface area contributed by atoms with Crippen molar-refractivity contribution in [2.75, 3.05) is 7.11 Å². The summed E-state index contributed by atoms with van der Waals surface area (Å²) in [6.07, 6.45) is 0. The van der Waals surface area contributed by atoms with Crippen LogP contribution in [0, 0.1) is 11.3 Å². The van der Waals surface area contributed by atoms with Crippen molar-refractivity contribution >= 4 is 33.7 Å². The molecule has 1 aromatic carbocycles. The van der Waals surface area contributed by atoms with E-state index in [2.05, 4.69) is 20.7 Å². The Morgan fingerprint density at radius 3 is 2.56 bits per heavy atom. The molecule has 0 bridgehead atoms. The molecule has 0 aromatic heterocycles. The highest BCUT2D eigenvalue weighted by Crippen LogP contribution is 2.40. The Labute approximate surface area is 113 Å². The van der Waals surface area contributed by atoms with Crippen LogP contribution in [0.5, 0.6) is 0 Å². The monoisotopic (exact) mass is 339 g/mol. The third-order valence-corrected chi connectivity index (χ3v) is 3.27. The second-order valence-electron chi connectivity index (χ2n) is 2.98. The lowest BCUT2D eigenvalue weighted by Gasteiger charge is -2.11. The van der Waals surface area contributed by atoms with Gasteiger partial charge in [0.15, 0.2) is 0 Å². The van der Waals surface area contributed by atoms with E-state index in [0.717, 1.165) is 19.2 Å². The maximum atomic E-state index is 12.3. The zero-order chi connectivity index (χ0) is 13.9. The van der Waals surface area contributed by atoms with Crippen LogP contribution in [0.15, 0.2) is 21.5 Å². The number of carbonyl (C=O) groups is 1. The zero-order valence-electron chi connectivity index (χ0n) is 8.84. The van der Waals surface area contributed by atoms with E-state index in [4.69, 9.17) is 5.26 Å². The number of esters is 1. The number of alkyl halides is 3. The van der Waals surface area contributed by atoms with E-state index in [9.17, 15) is 18.0 Å². The van der Waals surface area contributed by atoms with Crippen molar-refractivity contribution in [3.63, 3.8) is 0 Å². The topological polar surface area (TPSA) is 50.1 Å². The van der Waals surface area contributed by atoms with Crippen LogP contribution in [0.25, 0.3) is 0 Å². The van der Waals surface area contributed by atoms with E-state index in [1.165, 1.54) is 0 Å². The molecule has 0 heterocycles. The molecule has 1 aromatic rings. The van der Waals surface area contributed by atoms with Gasteiger partial charge in [-0.05, 0) is 39.8 Å². The van der Waals surface area contributed by atoms with Crippen molar-refractivity contribution in [3.8, 4) is 6.07 Å².